The van der Waals surface area contributed by atoms with E-state index in [2.05, 4.69) is 14.9 Å². The third kappa shape index (κ3) is 4.29. The van der Waals surface area contributed by atoms with E-state index in [1.54, 1.807) is 48.7 Å². The maximum absolute atomic E-state index is 13.0. The van der Waals surface area contributed by atoms with E-state index < -0.39 is 17.9 Å². The minimum Gasteiger partial charge on any atom is -0.479 e. The number of hydrogen-bond acceptors (Lipinski definition) is 4. The Labute approximate surface area is 197 Å². The van der Waals surface area contributed by atoms with Crippen LogP contribution in [0.1, 0.15) is 60.1 Å². The lowest BCUT2D eigenvalue weighted by Crippen LogP contribution is -2.33. The summed E-state index contributed by atoms with van der Waals surface area (Å²) in [5, 5.41) is 12.3. The predicted octanol–water partition coefficient (Wildman–Crippen LogP) is 5.16. The molecule has 0 aliphatic heterocycles. The molecule has 1 aliphatic rings. The third-order valence-electron chi connectivity index (χ3n) is 6.44. The number of imidazole rings is 1. The molecule has 1 aliphatic carbocycles. The van der Waals surface area contributed by atoms with Gasteiger partial charge in [0.25, 0.3) is 5.91 Å². The number of aliphatic carboxylic acids is 1. The average Bonchev–Trinajstić information content (AvgIpc) is 3.27. The zero-order chi connectivity index (χ0) is 23.5. The molecule has 1 saturated carbocycles. The molecular formula is C27H26N4O3. The van der Waals surface area contributed by atoms with Crippen LogP contribution in [0.3, 0.4) is 0 Å². The fourth-order valence-electron chi connectivity index (χ4n) is 4.77. The lowest BCUT2D eigenvalue weighted by molar-refractivity contribution is -0.139. The van der Waals surface area contributed by atoms with E-state index in [0.717, 1.165) is 29.9 Å². The summed E-state index contributed by atoms with van der Waals surface area (Å²) in [5.74, 6) is -0.767. The highest BCUT2D eigenvalue weighted by atomic mass is 16.4. The van der Waals surface area contributed by atoms with Crippen LogP contribution in [0.5, 0.6) is 0 Å². The van der Waals surface area contributed by atoms with E-state index in [9.17, 15) is 14.7 Å². The Morgan fingerprint density at radius 3 is 2.44 bits per heavy atom. The van der Waals surface area contributed by atoms with Crippen molar-refractivity contribution in [3.05, 3.63) is 84.1 Å². The number of benzene rings is 2. The largest absolute Gasteiger partial charge is 0.479 e. The van der Waals surface area contributed by atoms with Crippen LogP contribution in [-0.2, 0) is 4.79 Å². The number of nitrogens with one attached hydrogen (secondary N) is 1. The minimum absolute atomic E-state index is 0.338. The molecule has 7 heteroatoms. The number of carboxylic acids is 1. The number of nitrogens with zero attached hydrogens (tertiary/aromatic N) is 3. The molecule has 4 aromatic rings. The Balaban J connectivity index is 1.52. The number of carbonyl (C=O) groups is 2. The van der Waals surface area contributed by atoms with Gasteiger partial charge >= 0.3 is 5.97 Å². The van der Waals surface area contributed by atoms with Crippen LogP contribution in [-0.4, -0.2) is 31.5 Å². The second kappa shape index (κ2) is 9.47. The summed E-state index contributed by atoms with van der Waals surface area (Å²) in [6, 6.07) is 19.1. The number of aromatic nitrogens is 3. The van der Waals surface area contributed by atoms with E-state index in [-0.39, 0.29) is 0 Å². The summed E-state index contributed by atoms with van der Waals surface area (Å²) in [4.78, 5) is 34.2. The van der Waals surface area contributed by atoms with Crippen molar-refractivity contribution in [3.8, 4) is 11.5 Å². The molecule has 0 spiro atoms. The quantitative estimate of drug-likeness (QED) is 0.419. The minimum atomic E-state index is -1.13. The molecular weight excluding hydrogens is 428 g/mol. The van der Waals surface area contributed by atoms with Crippen LogP contribution in [0.2, 0.25) is 0 Å². The van der Waals surface area contributed by atoms with Gasteiger partial charge in [0, 0.05) is 17.8 Å². The first kappa shape index (κ1) is 21.8. The standard InChI is InChI=1S/C27H26N4O3/c32-26(30-24(27(33)34)18-9-3-1-4-10-18)19-14-15-23-22(17-19)29-25(21-13-7-8-16-28-21)31(23)20-11-5-2-6-12-20/h1,3-4,7-10,13-17,20,24H,2,5-6,11-12H2,(H,30,32)(H,33,34)/t24-/m1/s1. The third-order valence-corrected chi connectivity index (χ3v) is 6.44. The Morgan fingerprint density at radius 2 is 1.74 bits per heavy atom. The maximum Gasteiger partial charge on any atom is 0.330 e. The second-order valence-corrected chi connectivity index (χ2v) is 8.67. The van der Waals surface area contributed by atoms with Gasteiger partial charge in [-0.3, -0.25) is 9.78 Å². The Hall–Kier alpha value is -4.00. The first-order chi connectivity index (χ1) is 16.6. The lowest BCUT2D eigenvalue weighted by Gasteiger charge is -2.25. The number of carbonyl (C=O) groups excluding carboxylic acids is 1. The highest BCUT2D eigenvalue weighted by Crippen LogP contribution is 2.35. The van der Waals surface area contributed by atoms with Gasteiger partial charge in [-0.05, 0) is 48.7 Å². The van der Waals surface area contributed by atoms with Gasteiger partial charge < -0.3 is 15.0 Å². The molecule has 1 atom stereocenters. The Kier molecular flexibility index (Phi) is 6.08. The summed E-state index contributed by atoms with van der Waals surface area (Å²) < 4.78 is 2.27. The van der Waals surface area contributed by atoms with Crippen molar-refractivity contribution >= 4 is 22.9 Å². The van der Waals surface area contributed by atoms with Crippen molar-refractivity contribution in [2.75, 3.05) is 0 Å². The molecule has 0 radical (unpaired) electrons. The van der Waals surface area contributed by atoms with Crippen LogP contribution >= 0.6 is 0 Å². The van der Waals surface area contributed by atoms with E-state index in [4.69, 9.17) is 4.98 Å². The second-order valence-electron chi connectivity index (χ2n) is 8.67. The van der Waals surface area contributed by atoms with Crippen LogP contribution in [0.4, 0.5) is 0 Å². The highest BCUT2D eigenvalue weighted by molar-refractivity contribution is 5.99. The first-order valence-corrected chi connectivity index (χ1v) is 11.6. The first-order valence-electron chi connectivity index (χ1n) is 11.6. The van der Waals surface area contributed by atoms with Crippen molar-refractivity contribution in [2.45, 2.75) is 44.2 Å². The Morgan fingerprint density at radius 1 is 0.971 bits per heavy atom. The summed E-state index contributed by atoms with van der Waals surface area (Å²) in [5.41, 5.74) is 3.34. The molecule has 5 rings (SSSR count). The lowest BCUT2D eigenvalue weighted by atomic mass is 9.95. The molecule has 1 amide bonds. The van der Waals surface area contributed by atoms with Gasteiger partial charge in [-0.25, -0.2) is 9.78 Å². The number of carboxylic acid groups (broad SMARTS) is 1. The fraction of sp³-hybridized carbons (Fsp3) is 0.259. The fourth-order valence-corrected chi connectivity index (χ4v) is 4.77. The predicted molar refractivity (Wildman–Crippen MR) is 129 cm³/mol. The molecule has 7 nitrogen and oxygen atoms in total. The molecule has 34 heavy (non-hydrogen) atoms. The number of fused-ring (bicyclic) bond motifs is 1. The van der Waals surface area contributed by atoms with Crippen molar-refractivity contribution in [1.82, 2.24) is 19.9 Å². The van der Waals surface area contributed by atoms with Crippen molar-refractivity contribution in [2.24, 2.45) is 0 Å². The zero-order valence-corrected chi connectivity index (χ0v) is 18.7. The van der Waals surface area contributed by atoms with Gasteiger partial charge in [0.1, 0.15) is 5.69 Å². The monoisotopic (exact) mass is 454 g/mol. The molecule has 2 aromatic carbocycles. The Bertz CT molecular complexity index is 1310. The zero-order valence-electron chi connectivity index (χ0n) is 18.7. The van der Waals surface area contributed by atoms with Gasteiger partial charge in [-0.1, -0.05) is 55.7 Å². The van der Waals surface area contributed by atoms with Crippen LogP contribution < -0.4 is 5.32 Å². The number of hydrogen-bond donors (Lipinski definition) is 2. The summed E-state index contributed by atoms with van der Waals surface area (Å²) in [7, 11) is 0. The van der Waals surface area contributed by atoms with Crippen LogP contribution in [0, 0.1) is 0 Å². The van der Waals surface area contributed by atoms with E-state index >= 15 is 0 Å². The van der Waals surface area contributed by atoms with E-state index in [1.807, 2.05) is 24.3 Å². The molecule has 0 saturated heterocycles. The van der Waals surface area contributed by atoms with Crippen LogP contribution in [0.15, 0.2) is 72.9 Å². The smallest absolute Gasteiger partial charge is 0.330 e. The molecule has 0 bridgehead atoms. The normalized spacial score (nSPS) is 15.2. The van der Waals surface area contributed by atoms with Crippen LogP contribution in [0.25, 0.3) is 22.6 Å². The molecule has 2 aromatic heterocycles. The van der Waals surface area contributed by atoms with Crippen molar-refractivity contribution in [1.29, 1.82) is 0 Å². The van der Waals surface area contributed by atoms with Crippen molar-refractivity contribution in [3.63, 3.8) is 0 Å². The molecule has 2 N–H and O–H groups in total. The van der Waals surface area contributed by atoms with E-state index in [1.165, 1.54) is 19.3 Å². The maximum atomic E-state index is 13.0. The summed E-state index contributed by atoms with van der Waals surface area (Å²) in [6.45, 7) is 0. The molecule has 1 fully saturated rings. The number of pyridine rings is 1. The topological polar surface area (TPSA) is 97.1 Å². The van der Waals surface area contributed by atoms with Gasteiger partial charge in [0.15, 0.2) is 11.9 Å². The molecule has 2 heterocycles. The van der Waals surface area contributed by atoms with Gasteiger partial charge in [-0.15, -0.1) is 0 Å². The number of rotatable bonds is 6. The van der Waals surface area contributed by atoms with Gasteiger partial charge in [0.2, 0.25) is 0 Å². The van der Waals surface area contributed by atoms with Crippen molar-refractivity contribution < 1.29 is 14.7 Å². The van der Waals surface area contributed by atoms with Gasteiger partial charge in [-0.2, -0.15) is 0 Å². The summed E-state index contributed by atoms with van der Waals surface area (Å²) >= 11 is 0. The summed E-state index contributed by atoms with van der Waals surface area (Å²) in [6.07, 6.45) is 7.55. The molecule has 0 unspecified atom stereocenters. The average molecular weight is 455 g/mol. The van der Waals surface area contributed by atoms with E-state index in [0.29, 0.717) is 22.7 Å². The SMILES string of the molecule is O=C(N[C@@H](C(=O)O)c1ccccc1)c1ccc2c(c1)nc(-c1ccccn1)n2C1CCCCC1. The highest BCUT2D eigenvalue weighted by Gasteiger charge is 2.25. The molecule has 172 valence electrons. The number of amides is 1. The van der Waals surface area contributed by atoms with Gasteiger partial charge in [0.05, 0.1) is 11.0 Å².